The van der Waals surface area contributed by atoms with E-state index in [2.05, 4.69) is 31.9 Å². The minimum Gasteiger partial charge on any atom is -0.495 e. The van der Waals surface area contributed by atoms with Crippen LogP contribution >= 0.6 is 44.3 Å². The second-order valence-electron chi connectivity index (χ2n) is 3.23. The van der Waals surface area contributed by atoms with Gasteiger partial charge < -0.3 is 15.6 Å². The second kappa shape index (κ2) is 7.50. The van der Waals surface area contributed by atoms with Crippen molar-refractivity contribution in [1.29, 1.82) is 0 Å². The number of hydrogen-bond donors (Lipinski definition) is 2. The third kappa shape index (κ3) is 4.22. The number of nitrogens with two attached hydrogens (primary N) is 1. The van der Waals surface area contributed by atoms with E-state index in [1.807, 2.05) is 12.1 Å². The molecule has 3 N–H and O–H groups in total. The van der Waals surface area contributed by atoms with Crippen LogP contribution in [-0.2, 0) is 6.42 Å². The van der Waals surface area contributed by atoms with Crippen molar-refractivity contribution in [3.63, 3.8) is 0 Å². The first-order valence-corrected chi connectivity index (χ1v) is 6.05. The first kappa shape index (κ1) is 16.2. The zero-order chi connectivity index (χ0) is 11.4. The van der Waals surface area contributed by atoms with Crippen LogP contribution in [0.2, 0.25) is 0 Å². The van der Waals surface area contributed by atoms with E-state index in [0.717, 1.165) is 20.3 Å². The molecule has 0 aliphatic carbocycles. The summed E-state index contributed by atoms with van der Waals surface area (Å²) >= 11 is 6.81. The van der Waals surface area contributed by atoms with Crippen molar-refractivity contribution in [2.24, 2.45) is 5.73 Å². The quantitative estimate of drug-likeness (QED) is 0.850. The summed E-state index contributed by atoms with van der Waals surface area (Å²) in [7, 11) is 1.61. The molecule has 0 saturated heterocycles. The van der Waals surface area contributed by atoms with Crippen LogP contribution in [0.3, 0.4) is 0 Å². The van der Waals surface area contributed by atoms with Crippen LogP contribution in [0.15, 0.2) is 21.1 Å². The minimum atomic E-state index is -0.264. The van der Waals surface area contributed by atoms with E-state index in [-0.39, 0.29) is 25.1 Å². The lowest BCUT2D eigenvalue weighted by atomic mass is 10.1. The lowest BCUT2D eigenvalue weighted by molar-refractivity contribution is 0.264. The molecule has 0 aromatic heterocycles. The zero-order valence-electron chi connectivity index (χ0n) is 8.74. The number of halogens is 3. The largest absolute Gasteiger partial charge is 0.495 e. The van der Waals surface area contributed by atoms with E-state index in [9.17, 15) is 0 Å². The predicted molar refractivity (Wildman–Crippen MR) is 74.4 cm³/mol. The highest BCUT2D eigenvalue weighted by Gasteiger charge is 2.12. The molecule has 1 aromatic carbocycles. The average molecular weight is 375 g/mol. The summed E-state index contributed by atoms with van der Waals surface area (Å²) in [6, 6.07) is 3.59. The van der Waals surface area contributed by atoms with Crippen molar-refractivity contribution in [1.82, 2.24) is 0 Å². The van der Waals surface area contributed by atoms with Gasteiger partial charge in [0.1, 0.15) is 5.75 Å². The van der Waals surface area contributed by atoms with Crippen LogP contribution in [0, 0.1) is 0 Å². The maximum absolute atomic E-state index is 8.91. The monoisotopic (exact) mass is 373 g/mol. The average Bonchev–Trinajstić information content (AvgIpc) is 2.17. The van der Waals surface area contributed by atoms with Gasteiger partial charge in [-0.1, -0.05) is 15.9 Å². The fourth-order valence-corrected chi connectivity index (χ4v) is 2.82. The molecule has 0 radical (unpaired) electrons. The Morgan fingerprint density at radius 3 is 2.56 bits per heavy atom. The van der Waals surface area contributed by atoms with E-state index < -0.39 is 0 Å². The molecule has 0 bridgehead atoms. The number of benzene rings is 1. The number of aliphatic hydroxyl groups is 1. The summed E-state index contributed by atoms with van der Waals surface area (Å²) in [5, 5.41) is 8.91. The van der Waals surface area contributed by atoms with Gasteiger partial charge in [-0.15, -0.1) is 12.4 Å². The normalized spacial score (nSPS) is 11.8. The van der Waals surface area contributed by atoms with E-state index in [1.54, 1.807) is 7.11 Å². The molecule has 1 aromatic rings. The number of aliphatic hydroxyl groups excluding tert-OH is 1. The first-order chi connectivity index (χ1) is 7.08. The highest BCUT2D eigenvalue weighted by molar-refractivity contribution is 9.11. The van der Waals surface area contributed by atoms with Gasteiger partial charge in [-0.3, -0.25) is 0 Å². The Labute approximate surface area is 118 Å². The van der Waals surface area contributed by atoms with E-state index in [0.29, 0.717) is 6.42 Å². The van der Waals surface area contributed by atoms with E-state index in [1.165, 1.54) is 0 Å². The molecule has 0 fully saturated rings. The van der Waals surface area contributed by atoms with E-state index >= 15 is 0 Å². The van der Waals surface area contributed by atoms with Crippen LogP contribution in [0.5, 0.6) is 5.75 Å². The van der Waals surface area contributed by atoms with Gasteiger partial charge in [-0.05, 0) is 40.0 Å². The first-order valence-electron chi connectivity index (χ1n) is 4.46. The van der Waals surface area contributed by atoms with Gasteiger partial charge in [0.05, 0.1) is 18.2 Å². The smallest absolute Gasteiger partial charge is 0.136 e. The molecular formula is C10H14Br2ClNO2. The number of hydrogen-bond acceptors (Lipinski definition) is 3. The van der Waals surface area contributed by atoms with Crippen LogP contribution < -0.4 is 10.5 Å². The standard InChI is InChI=1S/C10H13Br2NO2.ClH/c1-15-10-6(3-8(13)5-14)2-7(11)4-9(10)12;/h2,4,8,14H,3,5,13H2,1H3;1H. The molecule has 0 aliphatic rings. The molecular weight excluding hydrogens is 361 g/mol. The zero-order valence-corrected chi connectivity index (χ0v) is 12.7. The van der Waals surface area contributed by atoms with Gasteiger partial charge in [-0.25, -0.2) is 0 Å². The highest BCUT2D eigenvalue weighted by Crippen LogP contribution is 2.33. The molecule has 0 spiro atoms. The number of rotatable bonds is 4. The van der Waals surface area contributed by atoms with Crippen molar-refractivity contribution in [2.45, 2.75) is 12.5 Å². The predicted octanol–water partition coefficient (Wildman–Crippen LogP) is 2.50. The summed E-state index contributed by atoms with van der Waals surface area (Å²) in [6.07, 6.45) is 0.581. The van der Waals surface area contributed by atoms with Crippen molar-refractivity contribution in [2.75, 3.05) is 13.7 Å². The summed E-state index contributed by atoms with van der Waals surface area (Å²) in [5.41, 5.74) is 6.67. The highest BCUT2D eigenvalue weighted by atomic mass is 79.9. The van der Waals surface area contributed by atoms with Gasteiger partial charge in [0.2, 0.25) is 0 Å². The van der Waals surface area contributed by atoms with Gasteiger partial charge in [0.25, 0.3) is 0 Å². The molecule has 0 aliphatic heterocycles. The third-order valence-corrected chi connectivity index (χ3v) is 3.05. The Morgan fingerprint density at radius 2 is 2.06 bits per heavy atom. The molecule has 1 rings (SSSR count). The topological polar surface area (TPSA) is 55.5 Å². The lowest BCUT2D eigenvalue weighted by Gasteiger charge is -2.14. The van der Waals surface area contributed by atoms with E-state index in [4.69, 9.17) is 15.6 Å². The maximum Gasteiger partial charge on any atom is 0.136 e. The minimum absolute atomic E-state index is 0. The summed E-state index contributed by atoms with van der Waals surface area (Å²) in [6.45, 7) is -0.0344. The fraction of sp³-hybridized carbons (Fsp3) is 0.400. The Morgan fingerprint density at radius 1 is 1.44 bits per heavy atom. The number of ether oxygens (including phenoxy) is 1. The maximum atomic E-state index is 8.91. The van der Waals surface area contributed by atoms with Crippen molar-refractivity contribution < 1.29 is 9.84 Å². The molecule has 92 valence electrons. The van der Waals surface area contributed by atoms with Gasteiger partial charge in [0, 0.05) is 10.5 Å². The molecule has 1 unspecified atom stereocenters. The molecule has 1 atom stereocenters. The summed E-state index contributed by atoms with van der Waals surface area (Å²) in [4.78, 5) is 0. The van der Waals surface area contributed by atoms with Gasteiger partial charge in [-0.2, -0.15) is 0 Å². The Balaban J connectivity index is 0.00000225. The Kier molecular flexibility index (Phi) is 7.59. The fourth-order valence-electron chi connectivity index (χ4n) is 1.34. The van der Waals surface area contributed by atoms with Crippen LogP contribution in [0.4, 0.5) is 0 Å². The SMILES string of the molecule is COc1c(Br)cc(Br)cc1CC(N)CO.Cl. The lowest BCUT2D eigenvalue weighted by Crippen LogP contribution is -2.27. The number of methoxy groups -OCH3 is 1. The molecule has 3 nitrogen and oxygen atoms in total. The van der Waals surface area contributed by atoms with Gasteiger partial charge in [0.15, 0.2) is 0 Å². The van der Waals surface area contributed by atoms with Crippen LogP contribution in [0.1, 0.15) is 5.56 Å². The molecule has 0 amide bonds. The molecule has 16 heavy (non-hydrogen) atoms. The second-order valence-corrected chi connectivity index (χ2v) is 5.00. The Bertz CT molecular complexity index is 350. The summed E-state index contributed by atoms with van der Waals surface area (Å²) < 4.78 is 7.10. The molecule has 0 heterocycles. The van der Waals surface area contributed by atoms with Crippen molar-refractivity contribution in [3.8, 4) is 5.75 Å². The summed E-state index contributed by atoms with van der Waals surface area (Å²) in [5.74, 6) is 0.766. The molecule has 0 saturated carbocycles. The van der Waals surface area contributed by atoms with Crippen LogP contribution in [-0.4, -0.2) is 24.9 Å². The van der Waals surface area contributed by atoms with Crippen molar-refractivity contribution in [3.05, 3.63) is 26.6 Å². The molecule has 6 heteroatoms. The van der Waals surface area contributed by atoms with Crippen LogP contribution in [0.25, 0.3) is 0 Å². The Hall–Kier alpha value is 0.190. The van der Waals surface area contributed by atoms with Gasteiger partial charge >= 0.3 is 0 Å². The third-order valence-electron chi connectivity index (χ3n) is 2.01. The van der Waals surface area contributed by atoms with Crippen molar-refractivity contribution >= 4 is 44.3 Å².